The zero-order valence-corrected chi connectivity index (χ0v) is 11.6. The van der Waals surface area contributed by atoms with Gasteiger partial charge in [0.15, 0.2) is 0 Å². The molecule has 0 aliphatic heterocycles. The molecule has 0 fully saturated rings. The van der Waals surface area contributed by atoms with E-state index >= 15 is 0 Å². The van der Waals surface area contributed by atoms with E-state index in [0.717, 1.165) is 4.90 Å². The molecule has 0 heterocycles. The Morgan fingerprint density at radius 2 is 1.78 bits per heavy atom. The highest BCUT2D eigenvalue weighted by Crippen LogP contribution is 2.28. The van der Waals surface area contributed by atoms with E-state index < -0.39 is 6.03 Å². The number of carbonyl (C=O) groups is 2. The molecule has 3 amide bonds. The van der Waals surface area contributed by atoms with Gasteiger partial charge in [0.05, 0.1) is 5.25 Å². The molecule has 1 rings (SSSR count). The van der Waals surface area contributed by atoms with Gasteiger partial charge in [-0.1, -0.05) is 31.5 Å². The van der Waals surface area contributed by atoms with Gasteiger partial charge < -0.3 is 5.73 Å². The molecule has 0 saturated heterocycles. The number of nitrogens with one attached hydrogen (secondary N) is 1. The van der Waals surface area contributed by atoms with Crippen LogP contribution in [0.1, 0.15) is 19.4 Å². The Morgan fingerprint density at radius 3 is 2.22 bits per heavy atom. The molecule has 0 radical (unpaired) electrons. The first kappa shape index (κ1) is 14.6. The molecule has 0 unspecified atom stereocenters. The number of imide groups is 1. The monoisotopic (exact) mass is 266 g/mol. The number of primary amides is 1. The average molecular weight is 266 g/mol. The summed E-state index contributed by atoms with van der Waals surface area (Å²) in [6, 6.07) is 7.10. The van der Waals surface area contributed by atoms with Crippen molar-refractivity contribution in [1.29, 1.82) is 0 Å². The predicted octanol–water partition coefficient (Wildman–Crippen LogP) is 2.31. The standard InChI is InChI=1S/C13H18N2O2S/c1-8(2)11(12(16)15-13(14)17)18-10-6-4-9(3)5-7-10/h4-8,11H,1-3H3,(H3,14,15,16,17)/t11-/m0/s1. The van der Waals surface area contributed by atoms with Crippen LogP contribution in [0.3, 0.4) is 0 Å². The normalized spacial score (nSPS) is 12.2. The van der Waals surface area contributed by atoms with E-state index in [1.165, 1.54) is 17.3 Å². The lowest BCUT2D eigenvalue weighted by Crippen LogP contribution is -2.42. The SMILES string of the molecule is Cc1ccc(S[C@H](C(=O)NC(N)=O)C(C)C)cc1. The molecule has 1 atom stereocenters. The number of carbonyl (C=O) groups excluding carboxylic acids is 2. The molecular weight excluding hydrogens is 248 g/mol. The quantitative estimate of drug-likeness (QED) is 0.821. The van der Waals surface area contributed by atoms with Crippen LogP contribution in [0.15, 0.2) is 29.2 Å². The molecule has 18 heavy (non-hydrogen) atoms. The van der Waals surface area contributed by atoms with Crippen molar-refractivity contribution < 1.29 is 9.59 Å². The van der Waals surface area contributed by atoms with Crippen molar-refractivity contribution in [2.45, 2.75) is 30.9 Å². The van der Waals surface area contributed by atoms with Crippen LogP contribution in [0.2, 0.25) is 0 Å². The lowest BCUT2D eigenvalue weighted by Gasteiger charge is -2.18. The first-order valence-corrected chi connectivity index (χ1v) is 6.61. The molecule has 0 aliphatic rings. The highest BCUT2D eigenvalue weighted by molar-refractivity contribution is 8.00. The van der Waals surface area contributed by atoms with Gasteiger partial charge in [-0.25, -0.2) is 4.79 Å². The number of amides is 3. The van der Waals surface area contributed by atoms with Crippen LogP contribution in [0.4, 0.5) is 4.79 Å². The van der Waals surface area contributed by atoms with E-state index in [9.17, 15) is 9.59 Å². The molecule has 5 heteroatoms. The van der Waals surface area contributed by atoms with Crippen LogP contribution in [0.25, 0.3) is 0 Å². The van der Waals surface area contributed by atoms with Crippen molar-refractivity contribution >= 4 is 23.7 Å². The zero-order chi connectivity index (χ0) is 13.7. The highest BCUT2D eigenvalue weighted by atomic mass is 32.2. The van der Waals surface area contributed by atoms with E-state index in [4.69, 9.17) is 5.73 Å². The predicted molar refractivity (Wildman–Crippen MR) is 73.4 cm³/mol. The van der Waals surface area contributed by atoms with Gasteiger partial charge in [-0.15, -0.1) is 11.8 Å². The van der Waals surface area contributed by atoms with Gasteiger partial charge in [0.2, 0.25) is 5.91 Å². The summed E-state index contributed by atoms with van der Waals surface area (Å²) >= 11 is 1.44. The first-order chi connectivity index (χ1) is 8.40. The number of hydrogen-bond donors (Lipinski definition) is 2. The van der Waals surface area contributed by atoms with E-state index in [1.54, 1.807) is 0 Å². The second-order valence-corrected chi connectivity index (χ2v) is 5.66. The van der Waals surface area contributed by atoms with Crippen molar-refractivity contribution in [1.82, 2.24) is 5.32 Å². The number of aryl methyl sites for hydroxylation is 1. The second-order valence-electron chi connectivity index (χ2n) is 4.45. The molecule has 1 aromatic carbocycles. The van der Waals surface area contributed by atoms with Crippen molar-refractivity contribution in [3.63, 3.8) is 0 Å². The highest BCUT2D eigenvalue weighted by Gasteiger charge is 2.24. The van der Waals surface area contributed by atoms with E-state index in [1.807, 2.05) is 45.0 Å². The summed E-state index contributed by atoms with van der Waals surface area (Å²) in [5.74, 6) is -0.237. The van der Waals surface area contributed by atoms with Gasteiger partial charge in [-0.2, -0.15) is 0 Å². The molecule has 3 N–H and O–H groups in total. The minimum atomic E-state index is -0.810. The fourth-order valence-electron chi connectivity index (χ4n) is 1.45. The molecule has 0 aliphatic carbocycles. The third-order valence-electron chi connectivity index (χ3n) is 2.39. The number of urea groups is 1. The molecule has 4 nitrogen and oxygen atoms in total. The molecule has 1 aromatic rings. The van der Waals surface area contributed by atoms with Crippen molar-refractivity contribution in [2.24, 2.45) is 11.7 Å². The third-order valence-corrected chi connectivity index (χ3v) is 3.95. The fraction of sp³-hybridized carbons (Fsp3) is 0.385. The topological polar surface area (TPSA) is 72.2 Å². The maximum Gasteiger partial charge on any atom is 0.318 e. The van der Waals surface area contributed by atoms with E-state index in [0.29, 0.717) is 0 Å². The fourth-order valence-corrected chi connectivity index (χ4v) is 2.47. The summed E-state index contributed by atoms with van der Waals surface area (Å²) < 4.78 is 0. The molecular formula is C13H18N2O2S. The lowest BCUT2D eigenvalue weighted by molar-refractivity contribution is -0.120. The molecule has 0 aromatic heterocycles. The van der Waals surface area contributed by atoms with Crippen LogP contribution in [0.5, 0.6) is 0 Å². The third kappa shape index (κ3) is 4.41. The number of hydrogen-bond acceptors (Lipinski definition) is 3. The van der Waals surface area contributed by atoms with Crippen LogP contribution in [-0.4, -0.2) is 17.2 Å². The van der Waals surface area contributed by atoms with Crippen LogP contribution in [0, 0.1) is 12.8 Å². The lowest BCUT2D eigenvalue weighted by atomic mass is 10.1. The van der Waals surface area contributed by atoms with Crippen LogP contribution >= 0.6 is 11.8 Å². The van der Waals surface area contributed by atoms with Gasteiger partial charge in [0.1, 0.15) is 0 Å². The smallest absolute Gasteiger partial charge is 0.318 e. The van der Waals surface area contributed by atoms with Gasteiger partial charge in [-0.05, 0) is 25.0 Å². The Balaban J connectivity index is 2.77. The summed E-state index contributed by atoms with van der Waals surface area (Å²) in [5.41, 5.74) is 6.13. The van der Waals surface area contributed by atoms with Gasteiger partial charge in [0, 0.05) is 4.90 Å². The average Bonchev–Trinajstić information content (AvgIpc) is 2.26. The zero-order valence-electron chi connectivity index (χ0n) is 10.8. The summed E-state index contributed by atoms with van der Waals surface area (Å²) in [7, 11) is 0. The number of nitrogens with two attached hydrogens (primary N) is 1. The van der Waals surface area contributed by atoms with Gasteiger partial charge in [0.25, 0.3) is 0 Å². The van der Waals surface area contributed by atoms with Gasteiger partial charge >= 0.3 is 6.03 Å². The van der Waals surface area contributed by atoms with Crippen molar-refractivity contribution in [3.05, 3.63) is 29.8 Å². The molecule has 98 valence electrons. The maximum atomic E-state index is 11.8. The Morgan fingerprint density at radius 1 is 1.22 bits per heavy atom. The number of benzene rings is 1. The Bertz CT molecular complexity index is 429. The minimum absolute atomic E-state index is 0.107. The summed E-state index contributed by atoms with van der Waals surface area (Å²) in [6.45, 7) is 5.88. The Labute approximate surface area is 111 Å². The molecule has 0 saturated carbocycles. The maximum absolute atomic E-state index is 11.8. The van der Waals surface area contributed by atoms with Gasteiger partial charge in [-0.3, -0.25) is 10.1 Å². The van der Waals surface area contributed by atoms with E-state index in [-0.39, 0.29) is 17.1 Å². The van der Waals surface area contributed by atoms with Crippen LogP contribution < -0.4 is 11.1 Å². The number of rotatable bonds is 4. The first-order valence-electron chi connectivity index (χ1n) is 5.73. The largest absolute Gasteiger partial charge is 0.351 e. The Kier molecular flexibility index (Phi) is 5.22. The minimum Gasteiger partial charge on any atom is -0.351 e. The van der Waals surface area contributed by atoms with Crippen LogP contribution in [-0.2, 0) is 4.79 Å². The summed E-state index contributed by atoms with van der Waals surface area (Å²) in [6.07, 6.45) is 0. The van der Waals surface area contributed by atoms with Crippen molar-refractivity contribution in [3.8, 4) is 0 Å². The molecule has 0 spiro atoms. The number of thioether (sulfide) groups is 1. The Hall–Kier alpha value is -1.49. The summed E-state index contributed by atoms with van der Waals surface area (Å²) in [5, 5.41) is 1.80. The second kappa shape index (κ2) is 6.44. The van der Waals surface area contributed by atoms with Crippen molar-refractivity contribution in [2.75, 3.05) is 0 Å². The summed E-state index contributed by atoms with van der Waals surface area (Å²) in [4.78, 5) is 23.5. The van der Waals surface area contributed by atoms with E-state index in [2.05, 4.69) is 5.32 Å². The molecule has 0 bridgehead atoms.